The molecule has 2 fully saturated rings. The van der Waals surface area contributed by atoms with Crippen molar-refractivity contribution in [3.8, 4) is 16.6 Å². The van der Waals surface area contributed by atoms with Gasteiger partial charge in [-0.25, -0.2) is 4.98 Å². The lowest BCUT2D eigenvalue weighted by Gasteiger charge is -2.31. The third-order valence-electron chi connectivity index (χ3n) is 5.52. The number of thiazole rings is 1. The van der Waals surface area contributed by atoms with Crippen LogP contribution in [0.4, 0.5) is 6.01 Å². The standard InChI is InChI=1S/C20H21N5O2S/c1-12(26-6-4-21)13-8-16(19-22-5-7-28-19)18-17(9-13)24-20(27-18)25-10-14-2-3-15(11-25)23-14/h5,7-9,12,14-15,23H,2-3,6,10-11H2,1H3. The number of piperazine rings is 1. The first-order valence-corrected chi connectivity index (χ1v) is 10.4. The summed E-state index contributed by atoms with van der Waals surface area (Å²) in [4.78, 5) is 11.5. The summed E-state index contributed by atoms with van der Waals surface area (Å²) < 4.78 is 11.9. The van der Waals surface area contributed by atoms with E-state index in [9.17, 15) is 0 Å². The number of ether oxygens (including phenoxy) is 1. The minimum atomic E-state index is -0.210. The molecule has 2 saturated heterocycles. The summed E-state index contributed by atoms with van der Waals surface area (Å²) in [5, 5.41) is 15.3. The molecule has 2 aromatic heterocycles. The highest BCUT2D eigenvalue weighted by atomic mass is 32.1. The van der Waals surface area contributed by atoms with Gasteiger partial charge in [-0.05, 0) is 37.5 Å². The third kappa shape index (κ3) is 3.15. The summed E-state index contributed by atoms with van der Waals surface area (Å²) in [6, 6.07) is 7.78. The predicted octanol–water partition coefficient (Wildman–Crippen LogP) is 3.49. The molecule has 1 N–H and O–H groups in total. The molecule has 5 rings (SSSR count). The Kier molecular flexibility index (Phi) is 4.51. The van der Waals surface area contributed by atoms with Crippen LogP contribution in [0.5, 0.6) is 0 Å². The molecule has 2 bridgehead atoms. The van der Waals surface area contributed by atoms with E-state index in [1.807, 2.05) is 30.5 Å². The largest absolute Gasteiger partial charge is 0.423 e. The van der Waals surface area contributed by atoms with Crippen molar-refractivity contribution in [1.82, 2.24) is 15.3 Å². The van der Waals surface area contributed by atoms with Crippen LogP contribution in [0, 0.1) is 11.3 Å². The Morgan fingerprint density at radius 1 is 1.39 bits per heavy atom. The molecule has 8 heteroatoms. The first kappa shape index (κ1) is 17.6. The SMILES string of the molecule is CC(OCC#N)c1cc(-c2nccs2)c2oc(N3CC4CCC(C3)N4)nc2c1. The van der Waals surface area contributed by atoms with Crippen LogP contribution < -0.4 is 10.2 Å². The Balaban J connectivity index is 1.56. The van der Waals surface area contributed by atoms with Crippen LogP contribution in [0.3, 0.4) is 0 Å². The van der Waals surface area contributed by atoms with E-state index in [0.717, 1.165) is 40.3 Å². The topological polar surface area (TPSA) is 87.2 Å². The lowest BCUT2D eigenvalue weighted by atomic mass is 10.1. The number of oxazole rings is 1. The summed E-state index contributed by atoms with van der Waals surface area (Å²) in [6.07, 6.45) is 4.00. The minimum absolute atomic E-state index is 0.0550. The summed E-state index contributed by atoms with van der Waals surface area (Å²) >= 11 is 1.57. The Bertz CT molecular complexity index is 1010. The molecule has 0 saturated carbocycles. The molecular weight excluding hydrogens is 374 g/mol. The van der Waals surface area contributed by atoms with Crippen molar-refractivity contribution in [2.75, 3.05) is 24.6 Å². The lowest BCUT2D eigenvalue weighted by Crippen LogP contribution is -2.51. The minimum Gasteiger partial charge on any atom is -0.423 e. The highest BCUT2D eigenvalue weighted by Crippen LogP contribution is 2.37. The van der Waals surface area contributed by atoms with Gasteiger partial charge in [0.25, 0.3) is 6.01 Å². The van der Waals surface area contributed by atoms with Gasteiger partial charge < -0.3 is 19.4 Å². The Morgan fingerprint density at radius 3 is 2.93 bits per heavy atom. The Labute approximate surface area is 166 Å². The van der Waals surface area contributed by atoms with Crippen molar-refractivity contribution in [3.05, 3.63) is 29.3 Å². The zero-order valence-corrected chi connectivity index (χ0v) is 16.4. The van der Waals surface area contributed by atoms with Crippen molar-refractivity contribution in [2.24, 2.45) is 0 Å². The maximum Gasteiger partial charge on any atom is 0.298 e. The number of nitrogens with one attached hydrogen (secondary N) is 1. The molecule has 3 unspecified atom stereocenters. The first-order valence-electron chi connectivity index (χ1n) is 9.55. The van der Waals surface area contributed by atoms with Crippen molar-refractivity contribution in [3.63, 3.8) is 0 Å². The van der Waals surface area contributed by atoms with Crippen LogP contribution in [0.1, 0.15) is 31.4 Å². The van der Waals surface area contributed by atoms with Crippen molar-refractivity contribution in [1.29, 1.82) is 5.26 Å². The van der Waals surface area contributed by atoms with E-state index in [2.05, 4.69) is 15.2 Å². The normalized spacial score (nSPS) is 22.5. The van der Waals surface area contributed by atoms with Crippen LogP contribution in [-0.2, 0) is 4.74 Å². The first-order chi connectivity index (χ1) is 13.7. The summed E-state index contributed by atoms with van der Waals surface area (Å²) in [5.74, 6) is 0. The highest BCUT2D eigenvalue weighted by molar-refractivity contribution is 7.13. The smallest absolute Gasteiger partial charge is 0.298 e. The van der Waals surface area contributed by atoms with Crippen molar-refractivity contribution >= 4 is 28.5 Å². The van der Waals surface area contributed by atoms with Crippen molar-refractivity contribution < 1.29 is 9.15 Å². The second kappa shape index (κ2) is 7.17. The summed E-state index contributed by atoms with van der Waals surface area (Å²) in [7, 11) is 0. The van der Waals surface area contributed by atoms with Gasteiger partial charge in [-0.2, -0.15) is 10.2 Å². The number of benzene rings is 1. The van der Waals surface area contributed by atoms with Crippen LogP contribution in [0.15, 0.2) is 28.1 Å². The average molecular weight is 395 g/mol. The molecule has 2 aliphatic rings. The number of hydrogen-bond acceptors (Lipinski definition) is 8. The molecule has 0 spiro atoms. The molecule has 144 valence electrons. The Morgan fingerprint density at radius 2 is 2.21 bits per heavy atom. The van der Waals surface area contributed by atoms with Crippen LogP contribution in [-0.4, -0.2) is 41.7 Å². The molecule has 1 aromatic carbocycles. The van der Waals surface area contributed by atoms with Gasteiger partial charge >= 0.3 is 0 Å². The molecule has 4 heterocycles. The number of nitrogens with zero attached hydrogens (tertiary/aromatic N) is 4. The molecule has 2 aliphatic heterocycles. The van der Waals surface area contributed by atoms with E-state index < -0.39 is 0 Å². The molecule has 0 radical (unpaired) electrons. The highest BCUT2D eigenvalue weighted by Gasteiger charge is 2.34. The van der Waals surface area contributed by atoms with E-state index in [4.69, 9.17) is 19.4 Å². The molecule has 7 nitrogen and oxygen atoms in total. The van der Waals surface area contributed by atoms with Gasteiger partial charge in [-0.1, -0.05) is 0 Å². The fraction of sp³-hybridized carbons (Fsp3) is 0.450. The van der Waals surface area contributed by atoms with E-state index in [1.54, 1.807) is 17.5 Å². The number of rotatable bonds is 5. The van der Waals surface area contributed by atoms with Crippen molar-refractivity contribution in [2.45, 2.75) is 38.0 Å². The monoisotopic (exact) mass is 395 g/mol. The maximum absolute atomic E-state index is 8.81. The number of hydrogen-bond donors (Lipinski definition) is 1. The van der Waals surface area contributed by atoms with Crippen LogP contribution >= 0.6 is 11.3 Å². The number of anilines is 1. The number of fused-ring (bicyclic) bond motifs is 3. The van der Waals surface area contributed by atoms with Gasteiger partial charge in [-0.15, -0.1) is 11.3 Å². The fourth-order valence-electron chi connectivity index (χ4n) is 4.14. The number of aromatic nitrogens is 2. The zero-order chi connectivity index (χ0) is 19.1. The predicted molar refractivity (Wildman–Crippen MR) is 107 cm³/mol. The van der Waals surface area contributed by atoms with Gasteiger partial charge in [0.05, 0.1) is 17.7 Å². The summed E-state index contributed by atoms with van der Waals surface area (Å²) in [5.41, 5.74) is 3.45. The molecule has 3 atom stereocenters. The molecule has 0 amide bonds. The van der Waals surface area contributed by atoms with Gasteiger partial charge in [-0.3, -0.25) is 0 Å². The van der Waals surface area contributed by atoms with Gasteiger partial charge in [0.15, 0.2) is 5.58 Å². The van der Waals surface area contributed by atoms with E-state index in [0.29, 0.717) is 18.1 Å². The maximum atomic E-state index is 8.81. The van der Waals surface area contributed by atoms with E-state index >= 15 is 0 Å². The van der Waals surface area contributed by atoms with Gasteiger partial charge in [0.1, 0.15) is 17.1 Å². The average Bonchev–Trinajstić information content (AvgIpc) is 3.45. The molecule has 3 aromatic rings. The van der Waals surface area contributed by atoms with Gasteiger partial charge in [0.2, 0.25) is 0 Å². The van der Waals surface area contributed by atoms with Crippen LogP contribution in [0.2, 0.25) is 0 Å². The lowest BCUT2D eigenvalue weighted by molar-refractivity contribution is 0.0918. The fourth-order valence-corrected chi connectivity index (χ4v) is 4.79. The molecule has 28 heavy (non-hydrogen) atoms. The third-order valence-corrected chi connectivity index (χ3v) is 6.32. The van der Waals surface area contributed by atoms with E-state index in [-0.39, 0.29) is 12.7 Å². The second-order valence-corrected chi connectivity index (χ2v) is 8.30. The zero-order valence-electron chi connectivity index (χ0n) is 15.6. The second-order valence-electron chi connectivity index (χ2n) is 7.40. The molecular formula is C20H21N5O2S. The van der Waals surface area contributed by atoms with E-state index in [1.165, 1.54) is 12.8 Å². The molecule has 0 aliphatic carbocycles. The number of nitriles is 1. The quantitative estimate of drug-likeness (QED) is 0.707. The summed E-state index contributed by atoms with van der Waals surface area (Å²) in [6.45, 7) is 3.84. The van der Waals surface area contributed by atoms with Gasteiger partial charge in [0, 0.05) is 36.8 Å². The Hall–Kier alpha value is -2.47. The van der Waals surface area contributed by atoms with Crippen LogP contribution in [0.25, 0.3) is 21.7 Å².